The minimum absolute atomic E-state index is 0.0946. The summed E-state index contributed by atoms with van der Waals surface area (Å²) in [5, 5.41) is 4.09. The highest BCUT2D eigenvalue weighted by atomic mass is 32.1. The molecule has 7 nitrogen and oxygen atoms in total. The lowest BCUT2D eigenvalue weighted by atomic mass is 10.2. The molecule has 0 saturated carbocycles. The number of amides is 1. The Hall–Kier alpha value is -3.26. The minimum atomic E-state index is -0.378. The normalized spacial score (nSPS) is 16.7. The maximum atomic E-state index is 13.0. The first-order valence-corrected chi connectivity index (χ1v) is 10.3. The second-order valence-corrected chi connectivity index (χ2v) is 8.21. The molecule has 3 heterocycles. The van der Waals surface area contributed by atoms with Gasteiger partial charge in [0, 0.05) is 6.54 Å². The van der Waals surface area contributed by atoms with Crippen LogP contribution in [0.2, 0.25) is 0 Å². The van der Waals surface area contributed by atoms with E-state index in [4.69, 9.17) is 4.98 Å². The Morgan fingerprint density at radius 1 is 1.10 bits per heavy atom. The summed E-state index contributed by atoms with van der Waals surface area (Å²) >= 11 is 1.60. The number of H-pyrrole nitrogens is 1. The Morgan fingerprint density at radius 2 is 1.86 bits per heavy atom. The Bertz CT molecular complexity index is 1320. The van der Waals surface area contributed by atoms with Crippen LogP contribution in [0.25, 0.3) is 21.0 Å². The lowest BCUT2D eigenvalue weighted by Gasteiger charge is -2.23. The molecule has 1 saturated heterocycles. The van der Waals surface area contributed by atoms with Gasteiger partial charge in [-0.3, -0.25) is 19.5 Å². The lowest BCUT2D eigenvalue weighted by molar-refractivity contribution is -0.133. The van der Waals surface area contributed by atoms with Crippen LogP contribution in [-0.2, 0) is 11.3 Å². The third-order valence-electron chi connectivity index (χ3n) is 5.35. The van der Waals surface area contributed by atoms with Crippen molar-refractivity contribution in [1.82, 2.24) is 19.7 Å². The number of para-hydroxylation sites is 1. The molecular weight excluding hydrogens is 388 g/mol. The Labute approximate surface area is 169 Å². The molecule has 29 heavy (non-hydrogen) atoms. The largest absolute Gasteiger partial charge is 0.332 e. The molecule has 1 aliphatic rings. The molecule has 2 aromatic carbocycles. The molecule has 2 aromatic heterocycles. The molecule has 0 aliphatic carbocycles. The van der Waals surface area contributed by atoms with Crippen molar-refractivity contribution in [3.63, 3.8) is 0 Å². The van der Waals surface area contributed by atoms with E-state index in [-0.39, 0.29) is 29.6 Å². The second kappa shape index (κ2) is 6.97. The molecule has 5 rings (SSSR count). The summed E-state index contributed by atoms with van der Waals surface area (Å²) in [7, 11) is 0. The van der Waals surface area contributed by atoms with Crippen LogP contribution in [0.4, 0.5) is 0 Å². The predicted molar refractivity (Wildman–Crippen MR) is 112 cm³/mol. The van der Waals surface area contributed by atoms with Gasteiger partial charge in [0.15, 0.2) is 0 Å². The molecule has 1 N–H and O–H groups in total. The van der Waals surface area contributed by atoms with Crippen molar-refractivity contribution in [2.45, 2.75) is 25.4 Å². The van der Waals surface area contributed by atoms with Gasteiger partial charge in [-0.05, 0) is 37.1 Å². The number of hydrogen-bond donors (Lipinski definition) is 1. The van der Waals surface area contributed by atoms with E-state index in [1.54, 1.807) is 40.5 Å². The van der Waals surface area contributed by atoms with Crippen molar-refractivity contribution in [2.24, 2.45) is 0 Å². The van der Waals surface area contributed by atoms with E-state index in [1.165, 1.54) is 0 Å². The Kier molecular flexibility index (Phi) is 4.28. The van der Waals surface area contributed by atoms with Crippen LogP contribution in [-0.4, -0.2) is 32.1 Å². The first kappa shape index (κ1) is 17.8. The number of carbonyl (C=O) groups excluding carboxylic acids is 1. The van der Waals surface area contributed by atoms with Crippen molar-refractivity contribution < 1.29 is 4.79 Å². The fraction of sp³-hybridized carbons (Fsp3) is 0.238. The molecule has 1 unspecified atom stereocenters. The van der Waals surface area contributed by atoms with Crippen molar-refractivity contribution in [2.75, 3.05) is 6.54 Å². The summed E-state index contributed by atoms with van der Waals surface area (Å²) in [5.74, 6) is -0.195. The number of likely N-dealkylation sites (tertiary alicyclic amines) is 1. The van der Waals surface area contributed by atoms with Gasteiger partial charge >= 0.3 is 0 Å². The van der Waals surface area contributed by atoms with E-state index in [2.05, 4.69) is 5.10 Å². The number of benzene rings is 2. The van der Waals surface area contributed by atoms with E-state index >= 15 is 0 Å². The SMILES string of the molecule is O=C(Cn1[nH]c(=O)c2ccccc2c1=O)N1CCCC1c1nc2ccccc2s1. The third-order valence-corrected chi connectivity index (χ3v) is 6.48. The molecule has 1 amide bonds. The quantitative estimate of drug-likeness (QED) is 0.567. The monoisotopic (exact) mass is 406 g/mol. The van der Waals surface area contributed by atoms with Gasteiger partial charge in [-0.15, -0.1) is 11.3 Å². The summed E-state index contributed by atoms with van der Waals surface area (Å²) in [6.07, 6.45) is 1.73. The molecule has 1 atom stereocenters. The average Bonchev–Trinajstić information content (AvgIpc) is 3.38. The number of rotatable bonds is 3. The van der Waals surface area contributed by atoms with Crippen molar-refractivity contribution >= 4 is 38.2 Å². The highest BCUT2D eigenvalue weighted by Gasteiger charge is 2.32. The number of fused-ring (bicyclic) bond motifs is 2. The maximum absolute atomic E-state index is 13.0. The molecule has 4 aromatic rings. The topological polar surface area (TPSA) is 88.1 Å². The van der Waals surface area contributed by atoms with Crippen molar-refractivity contribution in [1.29, 1.82) is 0 Å². The summed E-state index contributed by atoms with van der Waals surface area (Å²) in [4.78, 5) is 44.5. The number of nitrogens with one attached hydrogen (secondary N) is 1. The average molecular weight is 406 g/mol. The highest BCUT2D eigenvalue weighted by molar-refractivity contribution is 7.18. The van der Waals surface area contributed by atoms with Crippen LogP contribution in [0.1, 0.15) is 23.9 Å². The molecule has 8 heteroatoms. The zero-order valence-electron chi connectivity index (χ0n) is 15.5. The molecule has 1 fully saturated rings. The first-order valence-electron chi connectivity index (χ1n) is 9.48. The van der Waals surface area contributed by atoms with Crippen molar-refractivity contribution in [3.05, 3.63) is 74.2 Å². The number of nitrogens with zero attached hydrogens (tertiary/aromatic N) is 3. The first-order chi connectivity index (χ1) is 14.1. The van der Waals surface area contributed by atoms with Gasteiger partial charge in [-0.2, -0.15) is 0 Å². The van der Waals surface area contributed by atoms with Gasteiger partial charge in [-0.25, -0.2) is 9.67 Å². The molecule has 0 radical (unpaired) electrons. The standard InChI is InChI=1S/C21H18N4O3S/c26-18(12-25-21(28)14-7-2-1-6-13(14)19(27)23-25)24-11-5-9-16(24)20-22-15-8-3-4-10-17(15)29-20/h1-4,6-8,10,16H,5,9,11-12H2,(H,23,27). The number of aromatic nitrogens is 3. The minimum Gasteiger partial charge on any atom is -0.332 e. The van der Waals surface area contributed by atoms with E-state index in [1.807, 2.05) is 24.3 Å². The van der Waals surface area contributed by atoms with Gasteiger partial charge in [0.2, 0.25) is 5.91 Å². The van der Waals surface area contributed by atoms with Gasteiger partial charge in [0.05, 0.1) is 27.0 Å². The molecular formula is C21H18N4O3S. The zero-order valence-corrected chi connectivity index (χ0v) is 16.3. The lowest BCUT2D eigenvalue weighted by Crippen LogP contribution is -2.39. The van der Waals surface area contributed by atoms with Crippen LogP contribution in [0.15, 0.2) is 58.1 Å². The van der Waals surface area contributed by atoms with Gasteiger partial charge in [0.25, 0.3) is 11.1 Å². The van der Waals surface area contributed by atoms with Gasteiger partial charge in [-0.1, -0.05) is 24.3 Å². The molecule has 146 valence electrons. The molecule has 1 aliphatic heterocycles. The zero-order chi connectivity index (χ0) is 20.0. The Morgan fingerprint density at radius 3 is 2.69 bits per heavy atom. The predicted octanol–water partition coefficient (Wildman–Crippen LogP) is 2.66. The van der Waals surface area contributed by atoms with Crippen LogP contribution < -0.4 is 11.1 Å². The highest BCUT2D eigenvalue weighted by Crippen LogP contribution is 2.36. The molecule has 0 spiro atoms. The fourth-order valence-electron chi connectivity index (χ4n) is 3.94. The van der Waals surface area contributed by atoms with E-state index in [0.717, 1.165) is 32.7 Å². The maximum Gasteiger partial charge on any atom is 0.273 e. The summed E-state index contributed by atoms with van der Waals surface area (Å²) in [5.41, 5.74) is 0.184. The summed E-state index contributed by atoms with van der Waals surface area (Å²) < 4.78 is 2.21. The van der Waals surface area contributed by atoms with Crippen LogP contribution in [0.3, 0.4) is 0 Å². The number of carbonyl (C=O) groups is 1. The third kappa shape index (κ3) is 3.05. The Balaban J connectivity index is 1.46. The summed E-state index contributed by atoms with van der Waals surface area (Å²) in [6.45, 7) is 0.423. The van der Waals surface area contributed by atoms with E-state index < -0.39 is 0 Å². The number of thiazole rings is 1. The smallest absolute Gasteiger partial charge is 0.273 e. The van der Waals surface area contributed by atoms with E-state index in [9.17, 15) is 14.4 Å². The van der Waals surface area contributed by atoms with Crippen molar-refractivity contribution in [3.8, 4) is 0 Å². The second-order valence-electron chi connectivity index (χ2n) is 7.14. The van der Waals surface area contributed by atoms with Crippen LogP contribution >= 0.6 is 11.3 Å². The number of aromatic amines is 1. The van der Waals surface area contributed by atoms with Crippen LogP contribution in [0, 0.1) is 0 Å². The number of hydrogen-bond acceptors (Lipinski definition) is 5. The fourth-order valence-corrected chi connectivity index (χ4v) is 5.05. The van der Waals surface area contributed by atoms with Crippen LogP contribution in [0.5, 0.6) is 0 Å². The van der Waals surface area contributed by atoms with E-state index in [0.29, 0.717) is 17.3 Å². The molecule has 0 bridgehead atoms. The van der Waals surface area contributed by atoms with Gasteiger partial charge in [0.1, 0.15) is 11.6 Å². The summed E-state index contributed by atoms with van der Waals surface area (Å²) in [6, 6.07) is 14.4. The van der Waals surface area contributed by atoms with Gasteiger partial charge < -0.3 is 4.90 Å².